The summed E-state index contributed by atoms with van der Waals surface area (Å²) in [5.41, 5.74) is 0. The molecule has 0 bridgehead atoms. The van der Waals surface area contributed by atoms with E-state index in [9.17, 15) is 4.79 Å². The second-order valence-corrected chi connectivity index (χ2v) is 7.50. The van der Waals surface area contributed by atoms with Gasteiger partial charge in [-0.15, -0.1) is 11.8 Å². The van der Waals surface area contributed by atoms with Gasteiger partial charge in [0.25, 0.3) is 0 Å². The topological polar surface area (TPSA) is 37.3 Å². The number of carbonyl (C=O) groups is 1. The van der Waals surface area contributed by atoms with Crippen LogP contribution in [0.1, 0.15) is 65.2 Å². The van der Waals surface area contributed by atoms with Gasteiger partial charge in [-0.2, -0.15) is 0 Å². The van der Waals surface area contributed by atoms with E-state index in [-0.39, 0.29) is 5.25 Å². The predicted molar refractivity (Wildman–Crippen MR) is 118 cm³/mol. The Morgan fingerprint density at radius 2 is 1.27 bits per heavy atom. The molecule has 0 aliphatic carbocycles. The van der Waals surface area contributed by atoms with Crippen molar-refractivity contribution in [2.45, 2.75) is 70.5 Å². The molecule has 0 aromatic heterocycles. The first kappa shape index (κ1) is 24.5. The zero-order valence-electron chi connectivity index (χ0n) is 16.5. The quantitative estimate of drug-likeness (QED) is 0.230. The standard InChI is InChI=1S/C23H36O2S/c1-3-4-5-6-7-8-9-10-11-12-13-14-15-16-17-18-19-20-21-26-22(2)23(24)25/h4-5,7-8,10-11,13-14,16-17,22H,3,6,9,12,15,18-21H2,1-2H3,(H,24,25)/b5-4-,8-7-,11-10?,14-13-,17-16-. The number of aliphatic carboxylic acids is 1. The summed E-state index contributed by atoms with van der Waals surface area (Å²) in [6, 6.07) is 0. The average Bonchev–Trinajstić information content (AvgIpc) is 2.63. The molecule has 1 atom stereocenters. The molecule has 26 heavy (non-hydrogen) atoms. The molecule has 0 saturated heterocycles. The summed E-state index contributed by atoms with van der Waals surface area (Å²) in [6.07, 6.45) is 30.5. The van der Waals surface area contributed by atoms with Gasteiger partial charge in [-0.1, -0.05) is 67.7 Å². The number of unbranched alkanes of at least 4 members (excludes halogenated alkanes) is 2. The van der Waals surface area contributed by atoms with Gasteiger partial charge in [0.2, 0.25) is 0 Å². The number of allylic oxidation sites excluding steroid dienone is 10. The molecule has 0 aliphatic rings. The lowest BCUT2D eigenvalue weighted by Gasteiger charge is -2.04. The largest absolute Gasteiger partial charge is 0.480 e. The molecule has 1 unspecified atom stereocenters. The number of thioether (sulfide) groups is 1. The van der Waals surface area contributed by atoms with Gasteiger partial charge in [0, 0.05) is 0 Å². The Morgan fingerprint density at radius 3 is 1.73 bits per heavy atom. The molecular formula is C23H36O2S. The number of hydrogen-bond acceptors (Lipinski definition) is 2. The number of carboxylic acid groups (broad SMARTS) is 1. The van der Waals surface area contributed by atoms with Crippen molar-refractivity contribution in [3.8, 4) is 0 Å². The van der Waals surface area contributed by atoms with Gasteiger partial charge in [-0.05, 0) is 64.0 Å². The molecule has 0 aromatic rings. The first-order chi connectivity index (χ1) is 12.7. The monoisotopic (exact) mass is 376 g/mol. The van der Waals surface area contributed by atoms with Crippen molar-refractivity contribution in [2.75, 3.05) is 5.75 Å². The third-order valence-electron chi connectivity index (χ3n) is 3.64. The van der Waals surface area contributed by atoms with Crippen molar-refractivity contribution in [1.82, 2.24) is 0 Å². The van der Waals surface area contributed by atoms with E-state index in [1.54, 1.807) is 6.92 Å². The molecule has 0 saturated carbocycles. The van der Waals surface area contributed by atoms with Crippen LogP contribution in [0.4, 0.5) is 0 Å². The molecular weight excluding hydrogens is 340 g/mol. The highest BCUT2D eigenvalue weighted by molar-refractivity contribution is 8.00. The summed E-state index contributed by atoms with van der Waals surface area (Å²) in [5, 5.41) is 8.50. The average molecular weight is 377 g/mol. The molecule has 146 valence electrons. The highest BCUT2D eigenvalue weighted by Gasteiger charge is 2.09. The van der Waals surface area contributed by atoms with E-state index < -0.39 is 5.97 Å². The number of hydrogen-bond donors (Lipinski definition) is 1. The van der Waals surface area contributed by atoms with Gasteiger partial charge in [0.05, 0.1) is 5.25 Å². The molecule has 3 heteroatoms. The molecule has 0 heterocycles. The Kier molecular flexibility index (Phi) is 18.7. The summed E-state index contributed by atoms with van der Waals surface area (Å²) < 4.78 is 0. The van der Waals surface area contributed by atoms with Gasteiger partial charge < -0.3 is 5.11 Å². The Hall–Kier alpha value is -1.48. The van der Waals surface area contributed by atoms with Gasteiger partial charge in [-0.25, -0.2) is 0 Å². The van der Waals surface area contributed by atoms with E-state index in [2.05, 4.69) is 67.7 Å². The molecule has 0 aliphatic heterocycles. The van der Waals surface area contributed by atoms with Gasteiger partial charge >= 0.3 is 5.97 Å². The lowest BCUT2D eigenvalue weighted by molar-refractivity contribution is -0.136. The van der Waals surface area contributed by atoms with Crippen LogP contribution in [0.3, 0.4) is 0 Å². The lowest BCUT2D eigenvalue weighted by atomic mass is 10.2. The molecule has 0 amide bonds. The number of rotatable bonds is 16. The van der Waals surface area contributed by atoms with Crippen molar-refractivity contribution in [3.05, 3.63) is 60.8 Å². The smallest absolute Gasteiger partial charge is 0.316 e. The molecule has 0 rings (SSSR count). The highest BCUT2D eigenvalue weighted by Crippen LogP contribution is 2.13. The Bertz CT molecular complexity index is 473. The summed E-state index contributed by atoms with van der Waals surface area (Å²) in [4.78, 5) is 10.7. The van der Waals surface area contributed by atoms with Crippen LogP contribution < -0.4 is 0 Å². The Morgan fingerprint density at radius 1 is 0.808 bits per heavy atom. The maximum absolute atomic E-state index is 10.7. The fourth-order valence-corrected chi connectivity index (χ4v) is 2.93. The van der Waals surface area contributed by atoms with Crippen LogP contribution in [-0.4, -0.2) is 22.1 Å². The zero-order chi connectivity index (χ0) is 19.3. The van der Waals surface area contributed by atoms with E-state index in [0.29, 0.717) is 0 Å². The van der Waals surface area contributed by atoms with Crippen molar-refractivity contribution in [1.29, 1.82) is 0 Å². The highest BCUT2D eigenvalue weighted by atomic mass is 32.2. The van der Waals surface area contributed by atoms with Crippen LogP contribution >= 0.6 is 11.8 Å². The minimum Gasteiger partial charge on any atom is -0.480 e. The maximum atomic E-state index is 10.7. The summed E-state index contributed by atoms with van der Waals surface area (Å²) >= 11 is 1.52. The van der Waals surface area contributed by atoms with E-state index >= 15 is 0 Å². The van der Waals surface area contributed by atoms with Crippen LogP contribution in [0.15, 0.2) is 60.8 Å². The molecule has 0 aromatic carbocycles. The summed E-state index contributed by atoms with van der Waals surface area (Å²) in [5.74, 6) is 0.214. The molecule has 2 nitrogen and oxygen atoms in total. The third-order valence-corrected chi connectivity index (χ3v) is 4.86. The van der Waals surface area contributed by atoms with E-state index in [1.807, 2.05) is 0 Å². The zero-order valence-corrected chi connectivity index (χ0v) is 17.3. The maximum Gasteiger partial charge on any atom is 0.316 e. The second kappa shape index (κ2) is 19.8. The van der Waals surface area contributed by atoms with Crippen LogP contribution in [0, 0.1) is 0 Å². The van der Waals surface area contributed by atoms with Crippen LogP contribution in [0.5, 0.6) is 0 Å². The predicted octanol–water partition coefficient (Wildman–Crippen LogP) is 7.11. The van der Waals surface area contributed by atoms with Crippen molar-refractivity contribution in [2.24, 2.45) is 0 Å². The lowest BCUT2D eigenvalue weighted by Crippen LogP contribution is -2.11. The Labute approximate surface area is 164 Å². The molecule has 0 radical (unpaired) electrons. The SMILES string of the molecule is CC/C=C\C/C=C\CC=CC/C=C\C/C=C\CCCCSC(C)C(=O)O. The number of carboxylic acids is 1. The normalized spacial score (nSPS) is 13.9. The third kappa shape index (κ3) is 18.9. The fourth-order valence-electron chi connectivity index (χ4n) is 2.06. The van der Waals surface area contributed by atoms with Gasteiger partial charge in [-0.3, -0.25) is 4.79 Å². The molecule has 0 spiro atoms. The first-order valence-corrected chi connectivity index (χ1v) is 10.8. The van der Waals surface area contributed by atoms with Crippen LogP contribution in [-0.2, 0) is 4.79 Å². The van der Waals surface area contributed by atoms with Gasteiger partial charge in [0.1, 0.15) is 0 Å². The summed E-state index contributed by atoms with van der Waals surface area (Å²) in [6.45, 7) is 3.90. The van der Waals surface area contributed by atoms with Crippen molar-refractivity contribution in [3.63, 3.8) is 0 Å². The van der Waals surface area contributed by atoms with E-state index in [4.69, 9.17) is 5.11 Å². The Balaban J connectivity index is 3.46. The van der Waals surface area contributed by atoms with Crippen molar-refractivity contribution >= 4 is 17.7 Å². The fraction of sp³-hybridized carbons (Fsp3) is 0.522. The minimum atomic E-state index is -0.715. The molecule has 0 fully saturated rings. The summed E-state index contributed by atoms with van der Waals surface area (Å²) in [7, 11) is 0. The first-order valence-electron chi connectivity index (χ1n) is 9.77. The van der Waals surface area contributed by atoms with Gasteiger partial charge in [0.15, 0.2) is 0 Å². The van der Waals surface area contributed by atoms with E-state index in [1.165, 1.54) is 11.8 Å². The minimum absolute atomic E-state index is 0.288. The molecule has 1 N–H and O–H groups in total. The van der Waals surface area contributed by atoms with E-state index in [0.717, 1.165) is 57.1 Å². The van der Waals surface area contributed by atoms with Crippen LogP contribution in [0.25, 0.3) is 0 Å². The van der Waals surface area contributed by atoms with Crippen LogP contribution in [0.2, 0.25) is 0 Å². The second-order valence-electron chi connectivity index (χ2n) is 6.06. The van der Waals surface area contributed by atoms with Crippen molar-refractivity contribution < 1.29 is 9.90 Å².